The minimum Gasteiger partial charge on any atom is -0.478 e. The van der Waals surface area contributed by atoms with Gasteiger partial charge in [0.2, 0.25) is 0 Å². The third-order valence-electron chi connectivity index (χ3n) is 2.72. The fraction of sp³-hybridized carbons (Fsp3) is 0.125. The molecular weight excluding hydrogens is 348 g/mol. The number of carbonyl (C=O) groups excluding carboxylic acids is 1. The van der Waals surface area contributed by atoms with Crippen molar-refractivity contribution in [1.82, 2.24) is 9.97 Å². The van der Waals surface area contributed by atoms with E-state index in [-0.39, 0.29) is 29.1 Å². The second-order valence-corrected chi connectivity index (χ2v) is 4.50. The number of ether oxygens (including phenoxy) is 1. The van der Waals surface area contributed by atoms with Crippen LogP contribution in [0.3, 0.4) is 0 Å². The Labute approximate surface area is 146 Å². The van der Waals surface area contributed by atoms with Crippen molar-refractivity contribution < 1.29 is 39.2 Å². The average molecular weight is 362 g/mol. The van der Waals surface area contributed by atoms with Crippen LogP contribution < -0.4 is 0 Å². The van der Waals surface area contributed by atoms with Crippen LogP contribution in [0.1, 0.15) is 48.6 Å². The minimum absolute atomic E-state index is 0.0278. The molecule has 3 N–H and O–H groups in total. The van der Waals surface area contributed by atoms with Crippen LogP contribution in [0.5, 0.6) is 0 Å². The quantitative estimate of drug-likeness (QED) is 0.663. The number of hydrogen-bond acceptors (Lipinski definition) is 7. The first-order valence-corrected chi connectivity index (χ1v) is 7.05. The number of aromatic carboxylic acids is 3. The van der Waals surface area contributed by atoms with Crippen LogP contribution >= 0.6 is 0 Å². The fourth-order valence-electron chi connectivity index (χ4n) is 1.49. The zero-order valence-corrected chi connectivity index (χ0v) is 13.4. The van der Waals surface area contributed by atoms with Crippen molar-refractivity contribution in [1.29, 1.82) is 0 Å². The molecule has 10 heteroatoms. The molecule has 26 heavy (non-hydrogen) atoms. The molecule has 0 unspecified atom stereocenters. The van der Waals surface area contributed by atoms with E-state index in [1.54, 1.807) is 6.92 Å². The highest BCUT2D eigenvalue weighted by atomic mass is 16.5. The van der Waals surface area contributed by atoms with E-state index in [1.165, 1.54) is 18.2 Å². The molecule has 0 aromatic carbocycles. The number of esters is 1. The van der Waals surface area contributed by atoms with Gasteiger partial charge in [-0.1, -0.05) is 0 Å². The molecular formula is C16H14N2O8. The molecule has 0 spiro atoms. The lowest BCUT2D eigenvalue weighted by atomic mass is 10.2. The van der Waals surface area contributed by atoms with Crippen LogP contribution in [0.15, 0.2) is 36.7 Å². The summed E-state index contributed by atoms with van der Waals surface area (Å²) in [5, 5.41) is 25.4. The number of carbonyl (C=O) groups is 4. The topological polar surface area (TPSA) is 164 Å². The van der Waals surface area contributed by atoms with Gasteiger partial charge in [-0.05, 0) is 31.2 Å². The molecule has 136 valence electrons. The van der Waals surface area contributed by atoms with Gasteiger partial charge in [0.25, 0.3) is 0 Å². The van der Waals surface area contributed by atoms with Gasteiger partial charge in [0.1, 0.15) is 11.4 Å². The molecule has 2 heterocycles. The molecule has 0 aliphatic carbocycles. The number of rotatable bonds is 5. The summed E-state index contributed by atoms with van der Waals surface area (Å²) in [6.45, 7) is 1.95. The Bertz CT molecular complexity index is 767. The van der Waals surface area contributed by atoms with Gasteiger partial charge < -0.3 is 20.1 Å². The Balaban J connectivity index is 0.000000263. The first kappa shape index (κ1) is 20.2. The molecule has 0 amide bonds. The molecule has 2 rings (SSSR count). The highest BCUT2D eigenvalue weighted by molar-refractivity contribution is 5.90. The van der Waals surface area contributed by atoms with E-state index in [2.05, 4.69) is 14.7 Å². The molecule has 0 aliphatic heterocycles. The van der Waals surface area contributed by atoms with Crippen LogP contribution in [0, 0.1) is 0 Å². The standard InChI is InChI=1S/C9H9NO4.C7H5NO4/c1-2-14-9(13)7-4-3-6(5-10-7)8(11)12;9-6(10)4-1-2-5(7(11)12)8-3-4/h3-5H,2H2,1H3,(H,11,12);1-3H,(H,9,10)(H,11,12). The summed E-state index contributed by atoms with van der Waals surface area (Å²) in [4.78, 5) is 49.2. The van der Waals surface area contributed by atoms with Gasteiger partial charge in [-0.25, -0.2) is 29.1 Å². The van der Waals surface area contributed by atoms with Gasteiger partial charge in [-0.15, -0.1) is 0 Å². The Morgan fingerprint density at radius 2 is 1.27 bits per heavy atom. The van der Waals surface area contributed by atoms with Crippen molar-refractivity contribution >= 4 is 23.9 Å². The Kier molecular flexibility index (Phi) is 7.37. The van der Waals surface area contributed by atoms with E-state index in [0.29, 0.717) is 0 Å². The summed E-state index contributed by atoms with van der Waals surface area (Å²) in [6, 6.07) is 4.97. The summed E-state index contributed by atoms with van der Waals surface area (Å²) >= 11 is 0. The van der Waals surface area contributed by atoms with Gasteiger partial charge >= 0.3 is 23.9 Å². The van der Waals surface area contributed by atoms with E-state index in [9.17, 15) is 19.2 Å². The van der Waals surface area contributed by atoms with E-state index in [0.717, 1.165) is 18.5 Å². The molecule has 10 nitrogen and oxygen atoms in total. The van der Waals surface area contributed by atoms with Gasteiger partial charge in [0.05, 0.1) is 17.7 Å². The third-order valence-corrected chi connectivity index (χ3v) is 2.72. The second-order valence-electron chi connectivity index (χ2n) is 4.50. The van der Waals surface area contributed by atoms with Gasteiger partial charge in [-0.3, -0.25) is 0 Å². The zero-order valence-electron chi connectivity index (χ0n) is 13.4. The largest absolute Gasteiger partial charge is 0.478 e. The van der Waals surface area contributed by atoms with Crippen molar-refractivity contribution in [2.45, 2.75) is 6.92 Å². The lowest BCUT2D eigenvalue weighted by molar-refractivity contribution is 0.0517. The summed E-state index contributed by atoms with van der Waals surface area (Å²) in [7, 11) is 0. The Morgan fingerprint density at radius 3 is 1.58 bits per heavy atom. The van der Waals surface area contributed by atoms with Gasteiger partial charge in [0.15, 0.2) is 0 Å². The van der Waals surface area contributed by atoms with Crippen molar-refractivity contribution in [2.24, 2.45) is 0 Å². The first-order chi connectivity index (χ1) is 12.3. The highest BCUT2D eigenvalue weighted by Gasteiger charge is 2.09. The number of hydrogen-bond donors (Lipinski definition) is 3. The lowest BCUT2D eigenvalue weighted by Crippen LogP contribution is -2.08. The summed E-state index contributed by atoms with van der Waals surface area (Å²) in [5.41, 5.74) is -0.0464. The molecule has 0 aliphatic rings. The lowest BCUT2D eigenvalue weighted by Gasteiger charge is -2.00. The molecule has 2 aromatic rings. The van der Waals surface area contributed by atoms with E-state index < -0.39 is 23.9 Å². The first-order valence-electron chi connectivity index (χ1n) is 7.05. The number of aromatic nitrogens is 2. The van der Waals surface area contributed by atoms with Crippen LogP contribution in [0.25, 0.3) is 0 Å². The second kappa shape index (κ2) is 9.47. The number of carboxylic acids is 3. The Hall–Kier alpha value is -3.82. The molecule has 0 atom stereocenters. The predicted octanol–water partition coefficient (Wildman–Crippen LogP) is 1.43. The maximum absolute atomic E-state index is 11.1. The molecule has 0 saturated heterocycles. The van der Waals surface area contributed by atoms with Crippen molar-refractivity contribution in [3.8, 4) is 0 Å². The summed E-state index contributed by atoms with van der Waals surface area (Å²) in [5.74, 6) is -3.93. The number of pyridine rings is 2. The third kappa shape index (κ3) is 6.00. The molecule has 0 fully saturated rings. The number of carboxylic acid groups (broad SMARTS) is 3. The maximum Gasteiger partial charge on any atom is 0.356 e. The van der Waals surface area contributed by atoms with Crippen molar-refractivity contribution in [2.75, 3.05) is 6.61 Å². The smallest absolute Gasteiger partial charge is 0.356 e. The van der Waals surface area contributed by atoms with Crippen molar-refractivity contribution in [3.63, 3.8) is 0 Å². The minimum atomic E-state index is -1.17. The maximum atomic E-state index is 11.1. The van der Waals surface area contributed by atoms with Crippen molar-refractivity contribution in [3.05, 3.63) is 59.2 Å². The molecule has 0 saturated carbocycles. The van der Waals surface area contributed by atoms with Crippen LogP contribution in [-0.4, -0.2) is 55.8 Å². The monoisotopic (exact) mass is 362 g/mol. The number of nitrogens with zero attached hydrogens (tertiary/aromatic N) is 2. The summed E-state index contributed by atoms with van der Waals surface area (Å²) in [6.07, 6.45) is 2.13. The molecule has 2 aromatic heterocycles. The zero-order chi connectivity index (χ0) is 19.7. The van der Waals surface area contributed by atoms with Crippen LogP contribution in [-0.2, 0) is 4.74 Å². The Morgan fingerprint density at radius 1 is 0.808 bits per heavy atom. The van der Waals surface area contributed by atoms with Crippen LogP contribution in [0.2, 0.25) is 0 Å². The van der Waals surface area contributed by atoms with E-state index >= 15 is 0 Å². The van der Waals surface area contributed by atoms with Gasteiger partial charge in [0, 0.05) is 12.4 Å². The SMILES string of the molecule is CCOC(=O)c1ccc(C(=O)O)cn1.O=C(O)c1ccc(C(=O)O)nc1. The summed E-state index contributed by atoms with van der Waals surface area (Å²) < 4.78 is 4.68. The van der Waals surface area contributed by atoms with Gasteiger partial charge in [-0.2, -0.15) is 0 Å². The van der Waals surface area contributed by atoms with E-state index in [4.69, 9.17) is 15.3 Å². The van der Waals surface area contributed by atoms with E-state index in [1.807, 2.05) is 0 Å². The van der Waals surface area contributed by atoms with Crippen LogP contribution in [0.4, 0.5) is 0 Å². The highest BCUT2D eigenvalue weighted by Crippen LogP contribution is 2.02. The molecule has 0 radical (unpaired) electrons. The average Bonchev–Trinajstić information content (AvgIpc) is 2.62. The molecule has 0 bridgehead atoms. The normalized spacial score (nSPS) is 9.42. The predicted molar refractivity (Wildman–Crippen MR) is 85.3 cm³/mol. The fourth-order valence-corrected chi connectivity index (χ4v) is 1.49.